The van der Waals surface area contributed by atoms with Crippen LogP contribution in [-0.2, 0) is 5.41 Å². The normalized spacial score (nSPS) is 16.0. The molecule has 0 aliphatic heterocycles. The summed E-state index contributed by atoms with van der Waals surface area (Å²) in [6.45, 7) is 2.20. The number of benzene rings is 1. The zero-order valence-electron chi connectivity index (χ0n) is 10.8. The van der Waals surface area contributed by atoms with Gasteiger partial charge in [-0.1, -0.05) is 0 Å². The molecule has 1 unspecified atom stereocenters. The summed E-state index contributed by atoms with van der Waals surface area (Å²) in [5, 5.41) is -4.66. The van der Waals surface area contributed by atoms with Crippen molar-refractivity contribution in [2.45, 2.75) is 11.6 Å². The van der Waals surface area contributed by atoms with Crippen LogP contribution in [0.15, 0.2) is 0 Å². The van der Waals surface area contributed by atoms with Crippen LogP contribution < -0.4 is 0 Å². The van der Waals surface area contributed by atoms with Crippen LogP contribution in [-0.4, -0.2) is 26.2 Å². The Morgan fingerprint density at radius 3 is 1.14 bits per heavy atom. The first-order chi connectivity index (χ1) is 9.18. The van der Waals surface area contributed by atoms with Crippen LogP contribution in [0.3, 0.4) is 0 Å². The number of halogens is 9. The molecule has 1 atom stereocenters. The Bertz CT molecular complexity index is 528. The molecule has 1 aromatic carbocycles. The second kappa shape index (κ2) is 5.04. The quantitative estimate of drug-likeness (QED) is 0.308. The summed E-state index contributed by atoms with van der Waals surface area (Å²) < 4.78 is 119. The van der Waals surface area contributed by atoms with Crippen LogP contribution in [0.5, 0.6) is 0 Å². The van der Waals surface area contributed by atoms with Crippen molar-refractivity contribution in [3.05, 3.63) is 34.6 Å². The van der Waals surface area contributed by atoms with Crippen molar-refractivity contribution < 1.29 is 39.5 Å². The lowest BCUT2D eigenvalue weighted by Gasteiger charge is -2.33. The summed E-state index contributed by atoms with van der Waals surface area (Å²) in [6.07, 6.45) is -5.85. The van der Waals surface area contributed by atoms with Gasteiger partial charge in [0.15, 0.2) is 23.3 Å². The summed E-state index contributed by atoms with van der Waals surface area (Å²) in [5.41, 5.74) is -2.49. The highest BCUT2D eigenvalue weighted by molar-refractivity contribution is 7.74. The standard InChI is InChI=1S/C11H9F9P/c1-21(2,3)10(17,11(18,19)20)4-5(12)7(14)9(16)8(15)6(4)13/h1-3H3/q+1. The first-order valence-electron chi connectivity index (χ1n) is 5.27. The van der Waals surface area contributed by atoms with Crippen molar-refractivity contribution in [2.24, 2.45) is 0 Å². The summed E-state index contributed by atoms with van der Waals surface area (Å²) in [4.78, 5) is 0. The van der Waals surface area contributed by atoms with Crippen LogP contribution >= 0.6 is 7.26 Å². The van der Waals surface area contributed by atoms with E-state index >= 15 is 0 Å². The SMILES string of the molecule is C[P+](C)(C)C(F)(c1c(F)c(F)c(F)c(F)c1F)C(F)(F)F. The molecule has 0 heterocycles. The minimum absolute atomic E-state index is 0.735. The first kappa shape index (κ1) is 18.1. The van der Waals surface area contributed by atoms with Crippen LogP contribution in [0, 0.1) is 29.1 Å². The van der Waals surface area contributed by atoms with Crippen molar-refractivity contribution >= 4 is 7.26 Å². The van der Waals surface area contributed by atoms with Crippen LogP contribution in [0.2, 0.25) is 0 Å². The molecule has 21 heavy (non-hydrogen) atoms. The molecule has 0 nitrogen and oxygen atoms in total. The molecule has 0 radical (unpaired) electrons. The zero-order chi connectivity index (χ0) is 17.0. The van der Waals surface area contributed by atoms with Crippen LogP contribution in [0.4, 0.5) is 39.5 Å². The zero-order valence-corrected chi connectivity index (χ0v) is 11.7. The minimum Gasteiger partial charge on any atom is -0.203 e. The van der Waals surface area contributed by atoms with E-state index < -0.39 is 53.5 Å². The third-order valence-corrected chi connectivity index (χ3v) is 5.17. The van der Waals surface area contributed by atoms with Gasteiger partial charge in [-0.2, -0.15) is 17.6 Å². The highest BCUT2D eigenvalue weighted by Gasteiger charge is 2.72. The number of rotatable bonds is 2. The molecule has 1 aromatic rings. The van der Waals surface area contributed by atoms with Crippen molar-refractivity contribution in [1.29, 1.82) is 0 Å². The Morgan fingerprint density at radius 1 is 0.619 bits per heavy atom. The lowest BCUT2D eigenvalue weighted by molar-refractivity contribution is -0.203. The molecule has 0 aromatic heterocycles. The fourth-order valence-electron chi connectivity index (χ4n) is 1.75. The van der Waals surface area contributed by atoms with E-state index in [2.05, 4.69) is 0 Å². The molecule has 0 N–H and O–H groups in total. The molecule has 0 amide bonds. The third-order valence-electron chi connectivity index (χ3n) is 2.84. The average molecular weight is 343 g/mol. The van der Waals surface area contributed by atoms with Gasteiger partial charge in [-0.05, 0) is 0 Å². The first-order valence-corrected chi connectivity index (χ1v) is 8.40. The summed E-state index contributed by atoms with van der Waals surface area (Å²) in [6, 6.07) is 0. The molecule has 0 fully saturated rings. The van der Waals surface area contributed by atoms with Gasteiger partial charge in [0.1, 0.15) is 5.56 Å². The second-order valence-electron chi connectivity index (χ2n) is 5.08. The van der Waals surface area contributed by atoms with Gasteiger partial charge < -0.3 is 0 Å². The van der Waals surface area contributed by atoms with E-state index in [1.165, 1.54) is 0 Å². The van der Waals surface area contributed by atoms with Gasteiger partial charge in [0.25, 0.3) is 0 Å². The van der Waals surface area contributed by atoms with Crippen LogP contribution in [0.25, 0.3) is 0 Å². The monoisotopic (exact) mass is 343 g/mol. The topological polar surface area (TPSA) is 0 Å². The highest BCUT2D eigenvalue weighted by atomic mass is 31.2. The van der Waals surface area contributed by atoms with Crippen molar-refractivity contribution in [3.63, 3.8) is 0 Å². The van der Waals surface area contributed by atoms with Gasteiger partial charge in [0, 0.05) is 0 Å². The molecule has 0 aliphatic rings. The maximum Gasteiger partial charge on any atom is 0.463 e. The fraction of sp³-hybridized carbons (Fsp3) is 0.455. The predicted octanol–water partition coefficient (Wildman–Crippen LogP) is 4.97. The van der Waals surface area contributed by atoms with E-state index in [4.69, 9.17) is 0 Å². The summed E-state index contributed by atoms with van der Waals surface area (Å²) >= 11 is 0. The van der Waals surface area contributed by atoms with Gasteiger partial charge in [-0.15, -0.1) is 0 Å². The van der Waals surface area contributed by atoms with E-state index in [-0.39, 0.29) is 0 Å². The molecule has 120 valence electrons. The fourth-order valence-corrected chi connectivity index (χ4v) is 3.38. The molecule has 0 saturated carbocycles. The summed E-state index contributed by atoms with van der Waals surface area (Å²) in [7, 11) is -3.82. The molecular weight excluding hydrogens is 334 g/mol. The van der Waals surface area contributed by atoms with Gasteiger partial charge >= 0.3 is 11.6 Å². The lowest BCUT2D eigenvalue weighted by atomic mass is 10.1. The van der Waals surface area contributed by atoms with Gasteiger partial charge in [-0.3, -0.25) is 0 Å². The Labute approximate surface area is 114 Å². The Hall–Kier alpha value is -0.980. The van der Waals surface area contributed by atoms with Crippen molar-refractivity contribution in [1.82, 2.24) is 0 Å². The van der Waals surface area contributed by atoms with Gasteiger partial charge in [0.05, 0.1) is 27.3 Å². The molecular formula is C11H9F9P+. The molecule has 0 bridgehead atoms. The Kier molecular flexibility index (Phi) is 4.33. The van der Waals surface area contributed by atoms with Crippen molar-refractivity contribution in [2.75, 3.05) is 20.0 Å². The average Bonchev–Trinajstić information content (AvgIpc) is 2.31. The van der Waals surface area contributed by atoms with Gasteiger partial charge in [-0.25, -0.2) is 22.0 Å². The maximum absolute atomic E-state index is 14.5. The van der Waals surface area contributed by atoms with E-state index in [0.717, 1.165) is 20.0 Å². The smallest absolute Gasteiger partial charge is 0.203 e. The highest BCUT2D eigenvalue weighted by Crippen LogP contribution is 2.72. The van der Waals surface area contributed by atoms with E-state index in [1.807, 2.05) is 0 Å². The Morgan fingerprint density at radius 2 is 0.905 bits per heavy atom. The van der Waals surface area contributed by atoms with E-state index in [9.17, 15) is 39.5 Å². The molecule has 0 saturated heterocycles. The Balaban J connectivity index is 3.96. The second-order valence-corrected chi connectivity index (χ2v) is 9.72. The molecule has 0 aliphatic carbocycles. The molecule has 0 spiro atoms. The van der Waals surface area contributed by atoms with E-state index in [1.54, 1.807) is 0 Å². The van der Waals surface area contributed by atoms with E-state index in [0.29, 0.717) is 0 Å². The maximum atomic E-state index is 14.5. The number of alkyl halides is 4. The third kappa shape index (κ3) is 2.49. The van der Waals surface area contributed by atoms with Crippen molar-refractivity contribution in [3.8, 4) is 0 Å². The largest absolute Gasteiger partial charge is 0.463 e. The predicted molar refractivity (Wildman–Crippen MR) is 59.8 cm³/mol. The minimum atomic E-state index is -5.85. The van der Waals surface area contributed by atoms with Gasteiger partial charge in [0.2, 0.25) is 5.82 Å². The lowest BCUT2D eigenvalue weighted by Crippen LogP contribution is -2.42. The summed E-state index contributed by atoms with van der Waals surface area (Å²) in [5.74, 6) is -13.5. The molecule has 10 heteroatoms. The van der Waals surface area contributed by atoms with Crippen LogP contribution in [0.1, 0.15) is 5.56 Å². The number of hydrogen-bond acceptors (Lipinski definition) is 0. The molecule has 1 rings (SSSR count). The number of hydrogen-bond donors (Lipinski definition) is 0.